The zero-order valence-electron chi connectivity index (χ0n) is 20.0. The molecule has 0 bridgehead atoms. The molecule has 0 aromatic heterocycles. The molecule has 0 aliphatic heterocycles. The van der Waals surface area contributed by atoms with Gasteiger partial charge in [0, 0.05) is 16.2 Å². The maximum Gasteiger partial charge on any atom is 1.00 e. The van der Waals surface area contributed by atoms with E-state index < -0.39 is 61.9 Å². The van der Waals surface area contributed by atoms with E-state index in [1.165, 1.54) is 24.3 Å². The van der Waals surface area contributed by atoms with Gasteiger partial charge in [0.1, 0.15) is 41.8 Å². The van der Waals surface area contributed by atoms with Gasteiger partial charge in [-0.25, -0.2) is 25.3 Å². The monoisotopic (exact) mass is 636 g/mol. The quantitative estimate of drug-likeness (QED) is 0.124. The van der Waals surface area contributed by atoms with Crippen LogP contribution < -0.4 is 132 Å². The third kappa shape index (κ3) is 8.00. The van der Waals surface area contributed by atoms with Crippen LogP contribution in [-0.2, 0) is 30.4 Å². The molecule has 12 nitrogen and oxygen atoms in total. The minimum atomic E-state index is -5.36. The molecule has 0 heterocycles. The molecule has 4 rings (SSSR count). The van der Waals surface area contributed by atoms with Gasteiger partial charge in [-0.2, -0.15) is 0 Å². The summed E-state index contributed by atoms with van der Waals surface area (Å²) in [5.74, 6) is -0.632. The fraction of sp³-hybridized carbons (Fsp3) is 0. The third-order valence-corrected chi connectivity index (χ3v) is 7.52. The van der Waals surface area contributed by atoms with E-state index in [0.29, 0.717) is 6.07 Å². The standard InChI is InChI=1S/C20H14N2O10S3.2K.Na/c23-16-7-5-11-9-12(33(24,25)26)10-18(35(30,31)32)19(11)20(16)22-21-15-6-8-17(34(27,28)29)14-4-2-1-3-13(14)15;;;/h1-10,23H,(H,24,25,26)(H,27,28,29)(H,30,31,32);;;/q;3*+1/p-3. The maximum atomic E-state index is 11.9. The third-order valence-electron chi connectivity index (χ3n) is 4.95. The minimum Gasteiger partial charge on any atom is -0.744 e. The molecule has 4 aromatic carbocycles. The Morgan fingerprint density at radius 3 is 1.79 bits per heavy atom. The van der Waals surface area contributed by atoms with Crippen molar-refractivity contribution in [1.82, 2.24) is 0 Å². The van der Waals surface area contributed by atoms with Crippen LogP contribution >= 0.6 is 0 Å². The van der Waals surface area contributed by atoms with Gasteiger partial charge < -0.3 is 18.8 Å². The van der Waals surface area contributed by atoms with E-state index in [2.05, 4.69) is 10.2 Å². The molecule has 0 aliphatic carbocycles. The second-order valence-electron chi connectivity index (χ2n) is 7.14. The first-order valence-corrected chi connectivity index (χ1v) is 13.5. The van der Waals surface area contributed by atoms with E-state index in [4.69, 9.17) is 0 Å². The first kappa shape index (κ1) is 36.8. The van der Waals surface area contributed by atoms with E-state index in [-0.39, 0.29) is 154 Å². The number of phenolic OH excluding ortho intramolecular Hbond substituents is 1. The topological polar surface area (TPSA) is 217 Å². The van der Waals surface area contributed by atoms with Crippen LogP contribution in [0.1, 0.15) is 0 Å². The average molecular weight is 637 g/mol. The van der Waals surface area contributed by atoms with Crippen molar-refractivity contribution < 1.29 is 176 Å². The summed E-state index contributed by atoms with van der Waals surface area (Å²) in [4.78, 5) is -2.61. The summed E-state index contributed by atoms with van der Waals surface area (Å²) in [5, 5.41) is 17.6. The van der Waals surface area contributed by atoms with Crippen LogP contribution in [-0.4, -0.2) is 44.0 Å². The second kappa shape index (κ2) is 13.8. The Balaban J connectivity index is 0.00000241. The molecular weight excluding hydrogens is 626 g/mol. The molecule has 0 saturated carbocycles. The largest absolute Gasteiger partial charge is 1.00 e. The van der Waals surface area contributed by atoms with Crippen LogP contribution in [0.3, 0.4) is 0 Å². The van der Waals surface area contributed by atoms with Gasteiger partial charge in [-0.3, -0.25) is 0 Å². The van der Waals surface area contributed by atoms with Crippen LogP contribution in [0.15, 0.2) is 85.6 Å². The fourth-order valence-electron chi connectivity index (χ4n) is 3.48. The zero-order valence-corrected chi connectivity index (χ0v) is 30.7. The van der Waals surface area contributed by atoms with Crippen LogP contribution in [0.5, 0.6) is 5.75 Å². The average Bonchev–Trinajstić information content (AvgIpc) is 2.75. The van der Waals surface area contributed by atoms with Gasteiger partial charge in [0.2, 0.25) is 0 Å². The number of benzene rings is 4. The van der Waals surface area contributed by atoms with Crippen molar-refractivity contribution in [1.29, 1.82) is 0 Å². The normalized spacial score (nSPS) is 12.1. The predicted molar refractivity (Wildman–Crippen MR) is 118 cm³/mol. The molecule has 38 heavy (non-hydrogen) atoms. The SMILES string of the molecule is O=S(=O)([O-])c1cc(S(=O)(=O)[O-])c2c(N=Nc3ccc(S(=O)(=O)[O-])c4ccccc34)c(O)ccc2c1.[K+].[K+].[Na+]. The molecule has 0 fully saturated rings. The van der Waals surface area contributed by atoms with Gasteiger partial charge in [0.25, 0.3) is 0 Å². The number of nitrogens with zero attached hydrogens (tertiary/aromatic N) is 2. The summed E-state index contributed by atoms with van der Waals surface area (Å²) in [6.45, 7) is 0. The van der Waals surface area contributed by atoms with E-state index in [9.17, 15) is 44.0 Å². The van der Waals surface area contributed by atoms with E-state index in [1.54, 1.807) is 0 Å². The molecular formula is C20H11K2N2NaO10S3. The molecule has 18 heteroatoms. The van der Waals surface area contributed by atoms with Crippen LogP contribution in [0.25, 0.3) is 21.5 Å². The molecule has 0 atom stereocenters. The van der Waals surface area contributed by atoms with Crippen molar-refractivity contribution >= 4 is 63.3 Å². The number of phenols is 1. The molecule has 0 amide bonds. The number of rotatable bonds is 5. The fourth-order valence-corrected chi connectivity index (χ4v) is 5.50. The van der Waals surface area contributed by atoms with Crippen LogP contribution in [0.4, 0.5) is 11.4 Å². The molecule has 0 unspecified atom stereocenters. The molecule has 0 radical (unpaired) electrons. The summed E-state index contributed by atoms with van der Waals surface area (Å²) in [6.07, 6.45) is 0. The van der Waals surface area contributed by atoms with E-state index in [0.717, 1.165) is 30.3 Å². The number of aromatic hydroxyl groups is 1. The van der Waals surface area contributed by atoms with Gasteiger partial charge >= 0.3 is 132 Å². The molecule has 0 spiro atoms. The van der Waals surface area contributed by atoms with Gasteiger partial charge in [0.05, 0.1) is 20.4 Å². The van der Waals surface area contributed by atoms with E-state index in [1.807, 2.05) is 0 Å². The zero-order chi connectivity index (χ0) is 25.8. The summed E-state index contributed by atoms with van der Waals surface area (Å²) in [7, 11) is -15.3. The molecule has 4 aromatic rings. The van der Waals surface area contributed by atoms with Crippen LogP contribution in [0, 0.1) is 0 Å². The Bertz CT molecular complexity index is 1900. The maximum absolute atomic E-state index is 11.9. The van der Waals surface area contributed by atoms with Gasteiger partial charge in [0.15, 0.2) is 0 Å². The summed E-state index contributed by atoms with van der Waals surface area (Å²) < 4.78 is 105. The van der Waals surface area contributed by atoms with Crippen LogP contribution in [0.2, 0.25) is 0 Å². The van der Waals surface area contributed by atoms with Crippen molar-refractivity contribution in [2.75, 3.05) is 0 Å². The Morgan fingerprint density at radius 1 is 0.658 bits per heavy atom. The van der Waals surface area contributed by atoms with Crippen molar-refractivity contribution in [3.8, 4) is 5.75 Å². The Hall–Kier alpha value is 0.803. The van der Waals surface area contributed by atoms with Gasteiger partial charge in [-0.15, -0.1) is 10.2 Å². The number of hydrogen-bond donors (Lipinski definition) is 1. The smallest absolute Gasteiger partial charge is 0.744 e. The summed E-state index contributed by atoms with van der Waals surface area (Å²) >= 11 is 0. The van der Waals surface area contributed by atoms with Crippen molar-refractivity contribution in [3.05, 3.63) is 60.7 Å². The van der Waals surface area contributed by atoms with Crippen molar-refractivity contribution in [2.45, 2.75) is 14.7 Å². The Labute approximate surface area is 324 Å². The Kier molecular flexibility index (Phi) is 13.4. The predicted octanol–water partition coefficient (Wildman–Crippen LogP) is -6.16. The summed E-state index contributed by atoms with van der Waals surface area (Å²) in [5.41, 5.74) is -0.508. The van der Waals surface area contributed by atoms with Crippen molar-refractivity contribution in [3.63, 3.8) is 0 Å². The van der Waals surface area contributed by atoms with Crippen molar-refractivity contribution in [2.24, 2.45) is 10.2 Å². The second-order valence-corrected chi connectivity index (χ2v) is 11.2. The number of hydrogen-bond acceptors (Lipinski definition) is 12. The molecule has 0 aliphatic rings. The molecule has 182 valence electrons. The first-order chi connectivity index (χ1) is 16.2. The molecule has 0 saturated heterocycles. The molecule has 1 N–H and O–H groups in total. The number of fused-ring (bicyclic) bond motifs is 2. The van der Waals surface area contributed by atoms with Gasteiger partial charge in [-0.1, -0.05) is 30.3 Å². The minimum absolute atomic E-state index is 0. The van der Waals surface area contributed by atoms with E-state index >= 15 is 0 Å². The number of azo groups is 1. The first-order valence-electron chi connectivity index (χ1n) is 9.29. The Morgan fingerprint density at radius 2 is 1.24 bits per heavy atom. The summed E-state index contributed by atoms with van der Waals surface area (Å²) in [6, 6.07) is 11.3. The van der Waals surface area contributed by atoms with Gasteiger partial charge in [-0.05, 0) is 35.7 Å².